The average Bonchev–Trinajstić information content (AvgIpc) is 3.04. The summed E-state index contributed by atoms with van der Waals surface area (Å²) in [5.74, 6) is 0.104. The van der Waals surface area contributed by atoms with E-state index in [-0.39, 0.29) is 11.9 Å². The lowest BCUT2D eigenvalue weighted by Gasteiger charge is -2.14. The minimum atomic E-state index is -0.302. The van der Waals surface area contributed by atoms with E-state index in [0.29, 0.717) is 18.1 Å². The molecule has 3 rings (SSSR count). The maximum absolute atomic E-state index is 12.6. The van der Waals surface area contributed by atoms with E-state index in [0.717, 1.165) is 35.6 Å². The predicted molar refractivity (Wildman–Crippen MR) is 91.6 cm³/mol. The zero-order chi connectivity index (χ0) is 16.6. The smallest absolute Gasteiger partial charge is 0.178 e. The number of likely N-dealkylation sites (tertiary alicyclic amines) is 1. The Kier molecular flexibility index (Phi) is 4.57. The van der Waals surface area contributed by atoms with Crippen molar-refractivity contribution in [3.05, 3.63) is 52.3 Å². The molecule has 1 aromatic heterocycles. The Morgan fingerprint density at radius 3 is 2.61 bits per heavy atom. The van der Waals surface area contributed by atoms with Gasteiger partial charge in [0.1, 0.15) is 0 Å². The van der Waals surface area contributed by atoms with Gasteiger partial charge in [-0.1, -0.05) is 11.6 Å². The highest BCUT2D eigenvalue weighted by atomic mass is 35.5. The normalized spacial score (nSPS) is 18.5. The van der Waals surface area contributed by atoms with Gasteiger partial charge in [-0.3, -0.25) is 9.69 Å². The number of Topliss-reactive ketones (excluding diaryl/α,β-unsaturated/α-hetero) is 1. The van der Waals surface area contributed by atoms with Crippen molar-refractivity contribution in [2.45, 2.75) is 26.4 Å². The first-order valence-electron chi connectivity index (χ1n) is 7.84. The molecule has 1 aliphatic heterocycles. The van der Waals surface area contributed by atoms with Gasteiger partial charge in [0.25, 0.3) is 0 Å². The quantitative estimate of drug-likeness (QED) is 0.875. The third-order valence-corrected chi connectivity index (χ3v) is 4.68. The van der Waals surface area contributed by atoms with E-state index in [9.17, 15) is 9.90 Å². The highest BCUT2D eigenvalue weighted by Gasteiger charge is 2.24. The number of benzene rings is 1. The maximum atomic E-state index is 12.6. The monoisotopic (exact) mass is 332 g/mol. The Labute approximate surface area is 141 Å². The molecule has 1 atom stereocenters. The lowest BCUT2D eigenvalue weighted by molar-refractivity contribution is 0.0934. The number of hydrogen-bond acceptors (Lipinski definition) is 3. The molecule has 0 saturated carbocycles. The van der Waals surface area contributed by atoms with E-state index in [4.69, 9.17) is 11.6 Å². The minimum Gasteiger partial charge on any atom is -0.392 e. The summed E-state index contributed by atoms with van der Waals surface area (Å²) in [4.78, 5) is 14.6. The molecule has 0 spiro atoms. The first-order chi connectivity index (χ1) is 11.0. The Hall–Kier alpha value is -1.62. The van der Waals surface area contributed by atoms with Crippen molar-refractivity contribution in [1.82, 2.24) is 9.47 Å². The van der Waals surface area contributed by atoms with Crippen molar-refractivity contribution < 1.29 is 9.90 Å². The van der Waals surface area contributed by atoms with E-state index < -0.39 is 0 Å². The fraction of sp³-hybridized carbons (Fsp3) is 0.389. The van der Waals surface area contributed by atoms with Crippen molar-refractivity contribution in [1.29, 1.82) is 0 Å². The number of halogens is 1. The maximum Gasteiger partial charge on any atom is 0.178 e. The van der Waals surface area contributed by atoms with Gasteiger partial charge in [0, 0.05) is 40.8 Å². The van der Waals surface area contributed by atoms with Crippen LogP contribution in [-0.4, -0.2) is 46.1 Å². The van der Waals surface area contributed by atoms with E-state index >= 15 is 0 Å². The molecular formula is C18H21ClN2O2. The first kappa shape index (κ1) is 16.2. The van der Waals surface area contributed by atoms with Crippen molar-refractivity contribution >= 4 is 17.4 Å². The van der Waals surface area contributed by atoms with Crippen molar-refractivity contribution in [3.8, 4) is 5.69 Å². The molecule has 1 fully saturated rings. The zero-order valence-electron chi connectivity index (χ0n) is 13.4. The number of aromatic nitrogens is 1. The second-order valence-corrected chi connectivity index (χ2v) is 6.63. The van der Waals surface area contributed by atoms with E-state index in [2.05, 4.69) is 4.57 Å². The summed E-state index contributed by atoms with van der Waals surface area (Å²) < 4.78 is 2.07. The lowest BCUT2D eigenvalue weighted by atomic mass is 10.1. The molecule has 1 aliphatic rings. The van der Waals surface area contributed by atoms with E-state index in [1.807, 2.05) is 49.1 Å². The van der Waals surface area contributed by atoms with Gasteiger partial charge in [-0.05, 0) is 50.6 Å². The molecule has 2 heterocycles. The molecule has 122 valence electrons. The molecule has 0 aliphatic carbocycles. The number of aryl methyl sites for hydroxylation is 1. The number of hydrogen-bond donors (Lipinski definition) is 1. The number of nitrogens with zero attached hydrogens (tertiary/aromatic N) is 2. The van der Waals surface area contributed by atoms with Crippen LogP contribution in [0.25, 0.3) is 5.69 Å². The van der Waals surface area contributed by atoms with Crippen molar-refractivity contribution in [2.24, 2.45) is 0 Å². The van der Waals surface area contributed by atoms with Crippen LogP contribution < -0.4 is 0 Å². The fourth-order valence-electron chi connectivity index (χ4n) is 3.28. The molecule has 4 nitrogen and oxygen atoms in total. The van der Waals surface area contributed by atoms with Gasteiger partial charge in [-0.2, -0.15) is 0 Å². The second-order valence-electron chi connectivity index (χ2n) is 6.20. The molecule has 1 saturated heterocycles. The van der Waals surface area contributed by atoms with Crippen LogP contribution in [0.2, 0.25) is 5.02 Å². The Bertz CT molecular complexity index is 721. The standard InChI is InChI=1S/C18H21ClN2O2/c1-12-9-17(18(23)11-20-8-7-16(22)10-20)13(2)21(12)15-5-3-14(19)4-6-15/h3-6,9,16,22H,7-8,10-11H2,1-2H3. The van der Waals surface area contributed by atoms with Crippen LogP contribution >= 0.6 is 11.6 Å². The van der Waals surface area contributed by atoms with Gasteiger partial charge in [-0.15, -0.1) is 0 Å². The highest BCUT2D eigenvalue weighted by molar-refractivity contribution is 6.30. The molecule has 0 bridgehead atoms. The van der Waals surface area contributed by atoms with Crippen LogP contribution in [0.1, 0.15) is 28.2 Å². The van der Waals surface area contributed by atoms with Crippen LogP contribution in [0, 0.1) is 13.8 Å². The molecular weight excluding hydrogens is 312 g/mol. The van der Waals surface area contributed by atoms with Crippen molar-refractivity contribution in [2.75, 3.05) is 19.6 Å². The fourth-order valence-corrected chi connectivity index (χ4v) is 3.40. The summed E-state index contributed by atoms with van der Waals surface area (Å²) in [6.45, 7) is 5.69. The van der Waals surface area contributed by atoms with E-state index in [1.54, 1.807) is 0 Å². The number of aliphatic hydroxyl groups excluding tert-OH is 1. The SMILES string of the molecule is Cc1cc(C(=O)CN2CCC(O)C2)c(C)n1-c1ccc(Cl)cc1. The Balaban J connectivity index is 1.85. The third-order valence-electron chi connectivity index (χ3n) is 4.43. The third kappa shape index (κ3) is 3.34. The molecule has 0 radical (unpaired) electrons. The molecule has 5 heteroatoms. The number of aliphatic hydroxyl groups is 1. The summed E-state index contributed by atoms with van der Waals surface area (Å²) in [6.07, 6.45) is 0.446. The van der Waals surface area contributed by atoms with Crippen LogP contribution in [0.15, 0.2) is 30.3 Å². The number of rotatable bonds is 4. The number of carbonyl (C=O) groups is 1. The molecule has 1 aromatic carbocycles. The largest absolute Gasteiger partial charge is 0.392 e. The highest BCUT2D eigenvalue weighted by Crippen LogP contribution is 2.23. The summed E-state index contributed by atoms with van der Waals surface area (Å²) in [5.41, 5.74) is 3.71. The molecule has 0 amide bonds. The van der Waals surface area contributed by atoms with Gasteiger partial charge < -0.3 is 9.67 Å². The van der Waals surface area contributed by atoms with Crippen LogP contribution in [-0.2, 0) is 0 Å². The van der Waals surface area contributed by atoms with Gasteiger partial charge in [0.15, 0.2) is 5.78 Å². The van der Waals surface area contributed by atoms with Gasteiger partial charge >= 0.3 is 0 Å². The molecule has 2 aromatic rings. The van der Waals surface area contributed by atoms with Crippen LogP contribution in [0.5, 0.6) is 0 Å². The number of carbonyl (C=O) groups excluding carboxylic acids is 1. The molecule has 1 unspecified atom stereocenters. The predicted octanol–water partition coefficient (Wildman–Crippen LogP) is 3.00. The van der Waals surface area contributed by atoms with Crippen LogP contribution in [0.4, 0.5) is 0 Å². The van der Waals surface area contributed by atoms with Gasteiger partial charge in [0.05, 0.1) is 12.6 Å². The lowest BCUT2D eigenvalue weighted by Crippen LogP contribution is -2.28. The topological polar surface area (TPSA) is 45.5 Å². The van der Waals surface area contributed by atoms with Gasteiger partial charge in [-0.25, -0.2) is 0 Å². The Morgan fingerprint density at radius 2 is 2.00 bits per heavy atom. The summed E-state index contributed by atoms with van der Waals surface area (Å²) in [6, 6.07) is 9.55. The first-order valence-corrected chi connectivity index (χ1v) is 8.22. The zero-order valence-corrected chi connectivity index (χ0v) is 14.2. The molecule has 23 heavy (non-hydrogen) atoms. The minimum absolute atomic E-state index is 0.104. The number of β-amino-alcohol motifs (C(OH)–C–C–N with tert-alkyl or cyclic N) is 1. The summed E-state index contributed by atoms with van der Waals surface area (Å²) in [7, 11) is 0. The van der Waals surface area contributed by atoms with Crippen molar-refractivity contribution in [3.63, 3.8) is 0 Å². The van der Waals surface area contributed by atoms with E-state index in [1.165, 1.54) is 0 Å². The second kappa shape index (κ2) is 6.48. The summed E-state index contributed by atoms with van der Waals surface area (Å²) >= 11 is 5.95. The summed E-state index contributed by atoms with van der Waals surface area (Å²) in [5, 5.41) is 10.3. The number of ketones is 1. The van der Waals surface area contributed by atoms with Crippen LogP contribution in [0.3, 0.4) is 0 Å². The molecule has 1 N–H and O–H groups in total. The Morgan fingerprint density at radius 1 is 1.30 bits per heavy atom. The van der Waals surface area contributed by atoms with Gasteiger partial charge in [0.2, 0.25) is 0 Å². The average molecular weight is 333 g/mol.